The molecule has 2 fully saturated rings. The highest BCUT2D eigenvalue weighted by Gasteiger charge is 2.46. The summed E-state index contributed by atoms with van der Waals surface area (Å²) in [5, 5.41) is 11.5. The smallest absolute Gasteiger partial charge is 0.326 e. The van der Waals surface area contributed by atoms with Gasteiger partial charge in [0, 0.05) is 6.54 Å². The number of carboxylic acid groups (broad SMARTS) is 1. The fraction of sp³-hybridized carbons (Fsp3) is 0.667. The summed E-state index contributed by atoms with van der Waals surface area (Å²) in [6.45, 7) is 3.02. The highest BCUT2D eigenvalue weighted by Crippen LogP contribution is 2.20. The van der Waals surface area contributed by atoms with Gasteiger partial charge in [-0.3, -0.25) is 14.5 Å². The minimum absolute atomic E-state index is 0.336. The largest absolute Gasteiger partial charge is 0.480 e. The minimum atomic E-state index is -1.06. The summed E-state index contributed by atoms with van der Waals surface area (Å²) in [5.74, 6) is -2.06. The number of carbonyl (C=O) groups is 4. The molecule has 2 aliphatic rings. The first-order valence-corrected chi connectivity index (χ1v) is 6.40. The van der Waals surface area contributed by atoms with Crippen LogP contribution in [0.4, 0.5) is 4.79 Å². The van der Waals surface area contributed by atoms with E-state index in [9.17, 15) is 19.2 Å². The second kappa shape index (κ2) is 4.77. The molecule has 1 atom stereocenters. The van der Waals surface area contributed by atoms with Crippen LogP contribution in [-0.4, -0.2) is 63.4 Å². The third-order valence-electron chi connectivity index (χ3n) is 3.60. The van der Waals surface area contributed by atoms with E-state index in [2.05, 4.69) is 5.32 Å². The number of likely N-dealkylation sites (tertiary alicyclic amines) is 1. The van der Waals surface area contributed by atoms with Crippen LogP contribution in [0.2, 0.25) is 0 Å². The lowest BCUT2D eigenvalue weighted by Gasteiger charge is -2.23. The monoisotopic (exact) mass is 283 g/mol. The molecule has 0 spiro atoms. The number of amides is 4. The number of urea groups is 1. The number of nitrogens with one attached hydrogen (secondary N) is 1. The van der Waals surface area contributed by atoms with Gasteiger partial charge in [-0.15, -0.1) is 0 Å². The Morgan fingerprint density at radius 1 is 1.40 bits per heavy atom. The van der Waals surface area contributed by atoms with Gasteiger partial charge in [0.25, 0.3) is 5.91 Å². The van der Waals surface area contributed by atoms with E-state index < -0.39 is 41.9 Å². The third kappa shape index (κ3) is 2.33. The van der Waals surface area contributed by atoms with E-state index in [0.717, 1.165) is 4.90 Å². The molecule has 0 aliphatic carbocycles. The van der Waals surface area contributed by atoms with Crippen molar-refractivity contribution in [3.8, 4) is 0 Å². The second-order valence-corrected chi connectivity index (χ2v) is 5.53. The number of rotatable bonds is 3. The Bertz CT molecular complexity index is 487. The van der Waals surface area contributed by atoms with E-state index in [0.29, 0.717) is 19.4 Å². The Kier molecular flexibility index (Phi) is 3.41. The molecule has 0 aromatic heterocycles. The number of nitrogens with zero attached hydrogens (tertiary/aromatic N) is 2. The van der Waals surface area contributed by atoms with Gasteiger partial charge in [0.15, 0.2) is 0 Å². The molecular weight excluding hydrogens is 266 g/mol. The van der Waals surface area contributed by atoms with E-state index in [4.69, 9.17) is 5.11 Å². The Morgan fingerprint density at radius 3 is 2.55 bits per heavy atom. The van der Waals surface area contributed by atoms with E-state index in [-0.39, 0.29) is 0 Å². The summed E-state index contributed by atoms with van der Waals surface area (Å²) in [5.41, 5.74) is -1.03. The van der Waals surface area contributed by atoms with Crippen molar-refractivity contribution >= 4 is 23.8 Å². The van der Waals surface area contributed by atoms with Gasteiger partial charge in [0.2, 0.25) is 5.91 Å². The fourth-order valence-corrected chi connectivity index (χ4v) is 2.51. The van der Waals surface area contributed by atoms with Crippen LogP contribution in [0.1, 0.15) is 26.7 Å². The quantitative estimate of drug-likeness (QED) is 0.672. The van der Waals surface area contributed by atoms with Crippen molar-refractivity contribution in [1.82, 2.24) is 15.1 Å². The van der Waals surface area contributed by atoms with E-state index in [1.165, 1.54) is 4.90 Å². The van der Waals surface area contributed by atoms with Gasteiger partial charge < -0.3 is 15.3 Å². The average Bonchev–Trinajstić information content (AvgIpc) is 2.88. The molecule has 8 heteroatoms. The molecular formula is C12H17N3O5. The first-order chi connectivity index (χ1) is 9.24. The number of carbonyl (C=O) groups excluding carboxylic acids is 3. The molecule has 110 valence electrons. The summed E-state index contributed by atoms with van der Waals surface area (Å²) in [6, 6.07) is -1.49. The Labute approximate surface area is 115 Å². The van der Waals surface area contributed by atoms with Gasteiger partial charge in [-0.2, -0.15) is 0 Å². The number of hydrogen-bond donors (Lipinski definition) is 2. The molecule has 0 aromatic rings. The lowest BCUT2D eigenvalue weighted by Crippen LogP contribution is -2.47. The number of aliphatic carboxylic acids is 1. The maximum Gasteiger partial charge on any atom is 0.326 e. The molecule has 2 heterocycles. The van der Waals surface area contributed by atoms with Crippen LogP contribution in [0.15, 0.2) is 0 Å². The molecule has 2 rings (SSSR count). The second-order valence-electron chi connectivity index (χ2n) is 5.53. The standard InChI is InChI=1S/C12H17N3O5/c1-12(2)10(19)15(11(20)13-12)6-8(16)14-5-3-4-7(14)9(17)18/h7H,3-6H2,1-2H3,(H,13,20)(H,17,18). The van der Waals surface area contributed by atoms with Crippen molar-refractivity contribution < 1.29 is 24.3 Å². The molecule has 2 N–H and O–H groups in total. The van der Waals surface area contributed by atoms with Crippen molar-refractivity contribution in [3.05, 3.63) is 0 Å². The molecule has 0 saturated carbocycles. The zero-order chi connectivity index (χ0) is 15.1. The molecule has 8 nitrogen and oxygen atoms in total. The van der Waals surface area contributed by atoms with Gasteiger partial charge in [0.05, 0.1) is 0 Å². The zero-order valence-corrected chi connectivity index (χ0v) is 11.4. The summed E-state index contributed by atoms with van der Waals surface area (Å²) in [4.78, 5) is 48.8. The predicted octanol–water partition coefficient (Wildman–Crippen LogP) is -0.608. The highest BCUT2D eigenvalue weighted by atomic mass is 16.4. The number of hydrogen-bond acceptors (Lipinski definition) is 4. The van der Waals surface area contributed by atoms with Crippen molar-refractivity contribution in [2.24, 2.45) is 0 Å². The first-order valence-electron chi connectivity index (χ1n) is 6.40. The molecule has 2 aliphatic heterocycles. The van der Waals surface area contributed by atoms with Crippen LogP contribution in [0.3, 0.4) is 0 Å². The van der Waals surface area contributed by atoms with Crippen LogP contribution < -0.4 is 5.32 Å². The summed E-state index contributed by atoms with van der Waals surface area (Å²) in [7, 11) is 0. The minimum Gasteiger partial charge on any atom is -0.480 e. The summed E-state index contributed by atoms with van der Waals surface area (Å²) < 4.78 is 0. The molecule has 2 saturated heterocycles. The molecule has 0 radical (unpaired) electrons. The molecule has 1 unspecified atom stereocenters. The van der Waals surface area contributed by atoms with Crippen LogP contribution in [0.5, 0.6) is 0 Å². The van der Waals surface area contributed by atoms with Gasteiger partial charge in [-0.05, 0) is 26.7 Å². The lowest BCUT2D eigenvalue weighted by molar-refractivity contribution is -0.149. The van der Waals surface area contributed by atoms with Crippen molar-refractivity contribution in [3.63, 3.8) is 0 Å². The van der Waals surface area contributed by atoms with Crippen LogP contribution in [-0.2, 0) is 14.4 Å². The van der Waals surface area contributed by atoms with Crippen LogP contribution >= 0.6 is 0 Å². The predicted molar refractivity (Wildman–Crippen MR) is 66.7 cm³/mol. The summed E-state index contributed by atoms with van der Waals surface area (Å²) in [6.07, 6.45) is 1.00. The maximum absolute atomic E-state index is 12.1. The van der Waals surface area contributed by atoms with E-state index in [1.807, 2.05) is 0 Å². The highest BCUT2D eigenvalue weighted by molar-refractivity contribution is 6.08. The zero-order valence-electron chi connectivity index (χ0n) is 11.4. The Morgan fingerprint density at radius 2 is 2.05 bits per heavy atom. The third-order valence-corrected chi connectivity index (χ3v) is 3.60. The number of carboxylic acids is 1. The Hall–Kier alpha value is -2.12. The van der Waals surface area contributed by atoms with Crippen molar-refractivity contribution in [2.45, 2.75) is 38.3 Å². The summed E-state index contributed by atoms with van der Waals surface area (Å²) >= 11 is 0. The van der Waals surface area contributed by atoms with E-state index >= 15 is 0 Å². The fourth-order valence-electron chi connectivity index (χ4n) is 2.51. The normalized spacial score (nSPS) is 25.0. The topological polar surface area (TPSA) is 107 Å². The van der Waals surface area contributed by atoms with Gasteiger partial charge >= 0.3 is 12.0 Å². The molecule has 0 aromatic carbocycles. The number of imide groups is 1. The van der Waals surface area contributed by atoms with Gasteiger partial charge in [0.1, 0.15) is 18.1 Å². The van der Waals surface area contributed by atoms with E-state index in [1.54, 1.807) is 13.8 Å². The lowest BCUT2D eigenvalue weighted by atomic mass is 10.1. The Balaban J connectivity index is 2.07. The molecule has 4 amide bonds. The SMILES string of the molecule is CC1(C)NC(=O)N(CC(=O)N2CCCC2C(=O)O)C1=O. The van der Waals surface area contributed by atoms with Crippen molar-refractivity contribution in [2.75, 3.05) is 13.1 Å². The molecule has 20 heavy (non-hydrogen) atoms. The van der Waals surface area contributed by atoms with Crippen LogP contribution in [0, 0.1) is 0 Å². The molecule has 0 bridgehead atoms. The van der Waals surface area contributed by atoms with Gasteiger partial charge in [-0.25, -0.2) is 9.59 Å². The van der Waals surface area contributed by atoms with Crippen LogP contribution in [0.25, 0.3) is 0 Å². The maximum atomic E-state index is 12.1. The van der Waals surface area contributed by atoms with Gasteiger partial charge in [-0.1, -0.05) is 0 Å². The van der Waals surface area contributed by atoms with Crippen molar-refractivity contribution in [1.29, 1.82) is 0 Å². The first kappa shape index (κ1) is 14.3. The average molecular weight is 283 g/mol.